The van der Waals surface area contributed by atoms with Crippen LogP contribution < -0.4 is 9.47 Å². The largest absolute Gasteiger partial charge is 0.493 e. The molecule has 18 heavy (non-hydrogen) atoms. The number of methoxy groups -OCH3 is 3. The Kier molecular flexibility index (Phi) is 4.99. The molecule has 2 atom stereocenters. The van der Waals surface area contributed by atoms with Crippen molar-refractivity contribution in [2.75, 3.05) is 21.3 Å². The van der Waals surface area contributed by atoms with E-state index in [0.717, 1.165) is 5.56 Å². The van der Waals surface area contributed by atoms with E-state index in [1.807, 2.05) is 19.9 Å². The molecule has 0 saturated carbocycles. The van der Waals surface area contributed by atoms with Crippen LogP contribution in [-0.4, -0.2) is 32.0 Å². The van der Waals surface area contributed by atoms with Crippen molar-refractivity contribution >= 4 is 0 Å². The minimum atomic E-state index is -0.715. The smallest absolute Gasteiger partial charge is 0.161 e. The summed E-state index contributed by atoms with van der Waals surface area (Å²) in [6.45, 7) is 3.86. The second-order valence-electron chi connectivity index (χ2n) is 4.39. The molecule has 4 nitrogen and oxygen atoms in total. The third-order valence-corrected chi connectivity index (χ3v) is 3.47. The molecule has 1 N–H and O–H groups in total. The summed E-state index contributed by atoms with van der Waals surface area (Å²) in [5.41, 5.74) is 0.137. The van der Waals surface area contributed by atoms with Crippen molar-refractivity contribution < 1.29 is 19.3 Å². The average molecular weight is 254 g/mol. The maximum Gasteiger partial charge on any atom is 0.161 e. The van der Waals surface area contributed by atoms with Crippen LogP contribution >= 0.6 is 0 Å². The second kappa shape index (κ2) is 6.07. The minimum absolute atomic E-state index is 0.601. The summed E-state index contributed by atoms with van der Waals surface area (Å²) in [7, 11) is 4.76. The van der Waals surface area contributed by atoms with Gasteiger partial charge in [0.05, 0.1) is 19.8 Å². The Morgan fingerprint density at radius 3 is 2.22 bits per heavy atom. The monoisotopic (exact) mass is 254 g/mol. The van der Waals surface area contributed by atoms with Gasteiger partial charge in [-0.3, -0.25) is 0 Å². The van der Waals surface area contributed by atoms with Crippen molar-refractivity contribution in [2.24, 2.45) is 0 Å². The number of hydrogen-bond donors (Lipinski definition) is 1. The fourth-order valence-corrected chi connectivity index (χ4v) is 1.82. The van der Waals surface area contributed by atoms with Crippen molar-refractivity contribution in [3.63, 3.8) is 0 Å². The predicted octanol–water partition coefficient (Wildman–Crippen LogP) is 2.55. The lowest BCUT2D eigenvalue weighted by Crippen LogP contribution is -2.34. The molecule has 1 aromatic rings. The normalized spacial score (nSPS) is 15.9. The number of hydrogen-bond acceptors (Lipinski definition) is 4. The van der Waals surface area contributed by atoms with Gasteiger partial charge < -0.3 is 19.3 Å². The van der Waals surface area contributed by atoms with Crippen molar-refractivity contribution in [1.82, 2.24) is 0 Å². The van der Waals surface area contributed by atoms with E-state index < -0.39 is 11.7 Å². The molecule has 0 bridgehead atoms. The Balaban J connectivity index is 3.10. The first kappa shape index (κ1) is 14.8. The lowest BCUT2D eigenvalue weighted by Gasteiger charge is -2.32. The van der Waals surface area contributed by atoms with Crippen LogP contribution in [0.5, 0.6) is 11.5 Å². The first-order valence-electron chi connectivity index (χ1n) is 5.97. The van der Waals surface area contributed by atoms with Crippen molar-refractivity contribution in [1.29, 1.82) is 0 Å². The molecule has 0 radical (unpaired) electrons. The Morgan fingerprint density at radius 2 is 1.78 bits per heavy atom. The molecule has 4 heteroatoms. The van der Waals surface area contributed by atoms with Gasteiger partial charge in [-0.05, 0) is 31.0 Å². The van der Waals surface area contributed by atoms with E-state index in [2.05, 4.69) is 0 Å². The van der Waals surface area contributed by atoms with Gasteiger partial charge in [-0.2, -0.15) is 0 Å². The number of aliphatic hydroxyl groups is 1. The Bertz CT molecular complexity index is 385. The van der Waals surface area contributed by atoms with Gasteiger partial charge in [0.2, 0.25) is 0 Å². The molecule has 0 saturated heterocycles. The molecule has 0 amide bonds. The van der Waals surface area contributed by atoms with E-state index in [1.165, 1.54) is 0 Å². The Labute approximate surface area is 108 Å². The Hall–Kier alpha value is -1.26. The zero-order valence-electron chi connectivity index (χ0n) is 11.7. The predicted molar refractivity (Wildman–Crippen MR) is 70.2 cm³/mol. The van der Waals surface area contributed by atoms with E-state index in [0.29, 0.717) is 17.9 Å². The van der Waals surface area contributed by atoms with E-state index in [9.17, 15) is 5.11 Å². The molecular formula is C14H22O4. The van der Waals surface area contributed by atoms with Gasteiger partial charge in [-0.15, -0.1) is 0 Å². The number of benzene rings is 1. The van der Waals surface area contributed by atoms with E-state index in [1.54, 1.807) is 33.5 Å². The molecule has 102 valence electrons. The molecule has 0 aliphatic rings. The lowest BCUT2D eigenvalue weighted by atomic mass is 9.90. The maximum absolute atomic E-state index is 10.4. The topological polar surface area (TPSA) is 47.9 Å². The first-order chi connectivity index (χ1) is 8.52. The molecule has 0 aliphatic carbocycles. The third kappa shape index (κ3) is 2.76. The molecule has 0 heterocycles. The molecule has 2 unspecified atom stereocenters. The highest BCUT2D eigenvalue weighted by Gasteiger charge is 2.32. The zero-order chi connectivity index (χ0) is 13.8. The number of rotatable bonds is 6. The van der Waals surface area contributed by atoms with E-state index in [4.69, 9.17) is 14.2 Å². The van der Waals surface area contributed by atoms with Gasteiger partial charge in [0.25, 0.3) is 0 Å². The summed E-state index contributed by atoms with van der Waals surface area (Å²) in [6.07, 6.45) is -0.00810. The van der Waals surface area contributed by atoms with E-state index >= 15 is 0 Å². The average Bonchev–Trinajstić information content (AvgIpc) is 2.44. The quantitative estimate of drug-likeness (QED) is 0.847. The SMILES string of the molecule is CCC(C)(OC)C(O)c1ccc(OC)c(OC)c1. The highest BCUT2D eigenvalue weighted by molar-refractivity contribution is 5.43. The van der Waals surface area contributed by atoms with Crippen molar-refractivity contribution in [3.8, 4) is 11.5 Å². The lowest BCUT2D eigenvalue weighted by molar-refractivity contribution is -0.0944. The summed E-state index contributed by atoms with van der Waals surface area (Å²) in [5, 5.41) is 10.4. The van der Waals surface area contributed by atoms with Gasteiger partial charge in [-0.1, -0.05) is 13.0 Å². The summed E-state index contributed by atoms with van der Waals surface area (Å²) >= 11 is 0. The minimum Gasteiger partial charge on any atom is -0.493 e. The molecule has 0 aliphatic heterocycles. The van der Waals surface area contributed by atoms with Gasteiger partial charge in [0, 0.05) is 7.11 Å². The summed E-state index contributed by atoms with van der Waals surface area (Å²) < 4.78 is 15.8. The summed E-state index contributed by atoms with van der Waals surface area (Å²) in [4.78, 5) is 0. The number of ether oxygens (including phenoxy) is 3. The van der Waals surface area contributed by atoms with Crippen LogP contribution in [-0.2, 0) is 4.74 Å². The van der Waals surface area contributed by atoms with Gasteiger partial charge >= 0.3 is 0 Å². The fourth-order valence-electron chi connectivity index (χ4n) is 1.82. The van der Waals surface area contributed by atoms with Crippen LogP contribution in [0.25, 0.3) is 0 Å². The van der Waals surface area contributed by atoms with Crippen LogP contribution in [0.4, 0.5) is 0 Å². The molecule has 0 spiro atoms. The van der Waals surface area contributed by atoms with Crippen LogP contribution in [0.1, 0.15) is 31.9 Å². The third-order valence-electron chi connectivity index (χ3n) is 3.47. The molecule has 1 rings (SSSR count). The Morgan fingerprint density at radius 1 is 1.17 bits per heavy atom. The molecule has 0 fully saturated rings. The van der Waals surface area contributed by atoms with Crippen LogP contribution in [0, 0.1) is 0 Å². The molecular weight excluding hydrogens is 232 g/mol. The zero-order valence-corrected chi connectivity index (χ0v) is 11.7. The number of aliphatic hydroxyl groups excluding tert-OH is 1. The highest BCUT2D eigenvalue weighted by Crippen LogP contribution is 2.36. The highest BCUT2D eigenvalue weighted by atomic mass is 16.5. The molecule has 1 aromatic carbocycles. The second-order valence-corrected chi connectivity index (χ2v) is 4.39. The van der Waals surface area contributed by atoms with Crippen molar-refractivity contribution in [2.45, 2.75) is 32.0 Å². The van der Waals surface area contributed by atoms with Crippen LogP contribution in [0.15, 0.2) is 18.2 Å². The van der Waals surface area contributed by atoms with Gasteiger partial charge in [0.1, 0.15) is 6.10 Å². The standard InChI is InChI=1S/C14H22O4/c1-6-14(2,18-5)13(15)10-7-8-11(16-3)12(9-10)17-4/h7-9,13,15H,6H2,1-5H3. The van der Waals surface area contributed by atoms with Crippen LogP contribution in [0.2, 0.25) is 0 Å². The summed E-state index contributed by atoms with van der Waals surface area (Å²) in [6, 6.07) is 5.37. The van der Waals surface area contributed by atoms with Gasteiger partial charge in [-0.25, -0.2) is 0 Å². The summed E-state index contributed by atoms with van der Waals surface area (Å²) in [5.74, 6) is 1.24. The van der Waals surface area contributed by atoms with Gasteiger partial charge in [0.15, 0.2) is 11.5 Å². The van der Waals surface area contributed by atoms with Crippen molar-refractivity contribution in [3.05, 3.63) is 23.8 Å². The van der Waals surface area contributed by atoms with E-state index in [-0.39, 0.29) is 0 Å². The van der Waals surface area contributed by atoms with Crippen LogP contribution in [0.3, 0.4) is 0 Å². The maximum atomic E-state index is 10.4. The first-order valence-corrected chi connectivity index (χ1v) is 5.97. The molecule has 0 aromatic heterocycles. The fraction of sp³-hybridized carbons (Fsp3) is 0.571.